The summed E-state index contributed by atoms with van der Waals surface area (Å²) in [6.07, 6.45) is 1.30. The highest BCUT2D eigenvalue weighted by Crippen LogP contribution is 2.27. The van der Waals surface area contributed by atoms with Gasteiger partial charge in [-0.3, -0.25) is 0 Å². The van der Waals surface area contributed by atoms with Crippen molar-refractivity contribution in [2.24, 2.45) is 5.92 Å². The standard InChI is InChI=1S/C22H24ClN3O4S/c1-15-10-12-26(13-11-15)31(27,28)20-8-6-17(7-9-20)21-24-22(30-25-21)16(2)29-19-5-3-4-18(23)14-19/h3-9,14-16H,10-13H2,1-2H3. The predicted octanol–water partition coefficient (Wildman–Crippen LogP) is 4.95. The van der Waals surface area contributed by atoms with Crippen molar-refractivity contribution in [1.82, 2.24) is 14.4 Å². The lowest BCUT2D eigenvalue weighted by molar-refractivity contribution is 0.176. The van der Waals surface area contributed by atoms with Crippen LogP contribution in [0.4, 0.5) is 0 Å². The first-order chi connectivity index (χ1) is 14.8. The van der Waals surface area contributed by atoms with Crippen LogP contribution in [0.3, 0.4) is 0 Å². The Labute approximate surface area is 187 Å². The van der Waals surface area contributed by atoms with Gasteiger partial charge in [-0.05, 0) is 68.1 Å². The molecule has 0 spiro atoms. The largest absolute Gasteiger partial charge is 0.481 e. The monoisotopic (exact) mass is 461 g/mol. The maximum atomic E-state index is 12.9. The summed E-state index contributed by atoms with van der Waals surface area (Å²) < 4.78 is 38.5. The van der Waals surface area contributed by atoms with Crippen molar-refractivity contribution < 1.29 is 17.7 Å². The van der Waals surface area contributed by atoms with Gasteiger partial charge in [0.25, 0.3) is 5.89 Å². The topological polar surface area (TPSA) is 85.5 Å². The second kappa shape index (κ2) is 8.98. The number of hydrogen-bond donors (Lipinski definition) is 0. The molecule has 9 heteroatoms. The van der Waals surface area contributed by atoms with Crippen LogP contribution in [0, 0.1) is 5.92 Å². The molecular weight excluding hydrogens is 438 g/mol. The quantitative estimate of drug-likeness (QED) is 0.516. The smallest absolute Gasteiger partial charge is 0.267 e. The Morgan fingerprint density at radius 2 is 1.87 bits per heavy atom. The van der Waals surface area contributed by atoms with Gasteiger partial charge in [0, 0.05) is 23.7 Å². The summed E-state index contributed by atoms with van der Waals surface area (Å²) in [6.45, 7) is 5.07. The fourth-order valence-corrected chi connectivity index (χ4v) is 5.11. The molecule has 1 saturated heterocycles. The third-order valence-electron chi connectivity index (χ3n) is 5.39. The van der Waals surface area contributed by atoms with Crippen molar-refractivity contribution in [2.75, 3.05) is 13.1 Å². The summed E-state index contributed by atoms with van der Waals surface area (Å²) in [4.78, 5) is 4.66. The van der Waals surface area contributed by atoms with E-state index in [2.05, 4.69) is 17.1 Å². The lowest BCUT2D eigenvalue weighted by atomic mass is 10.0. The Kier molecular flexibility index (Phi) is 6.31. The molecule has 1 atom stereocenters. The van der Waals surface area contributed by atoms with Gasteiger partial charge in [0.2, 0.25) is 15.8 Å². The minimum absolute atomic E-state index is 0.271. The van der Waals surface area contributed by atoms with Crippen LogP contribution in [0.2, 0.25) is 5.02 Å². The predicted molar refractivity (Wildman–Crippen MR) is 117 cm³/mol. The first kappa shape index (κ1) is 21.8. The molecular formula is C22H24ClN3O4S. The second-order valence-corrected chi connectivity index (χ2v) is 10.2. The van der Waals surface area contributed by atoms with Crippen molar-refractivity contribution in [3.63, 3.8) is 0 Å². The SMILES string of the molecule is CC1CCN(S(=O)(=O)c2ccc(-c3noc(C(C)Oc4cccc(Cl)c4)n3)cc2)CC1. The van der Waals surface area contributed by atoms with Crippen LogP contribution in [-0.4, -0.2) is 36.0 Å². The Morgan fingerprint density at radius 3 is 2.55 bits per heavy atom. The summed E-state index contributed by atoms with van der Waals surface area (Å²) >= 11 is 5.98. The summed E-state index contributed by atoms with van der Waals surface area (Å²) in [5.74, 6) is 1.84. The Hall–Kier alpha value is -2.42. The fourth-order valence-electron chi connectivity index (χ4n) is 3.46. The zero-order valence-electron chi connectivity index (χ0n) is 17.4. The molecule has 2 aromatic carbocycles. The summed E-state index contributed by atoms with van der Waals surface area (Å²) in [6, 6.07) is 13.6. The highest BCUT2D eigenvalue weighted by Gasteiger charge is 2.28. The molecule has 0 bridgehead atoms. The summed E-state index contributed by atoms with van der Waals surface area (Å²) in [7, 11) is -3.49. The van der Waals surface area contributed by atoms with Gasteiger partial charge in [0.15, 0.2) is 6.10 Å². The lowest BCUT2D eigenvalue weighted by Gasteiger charge is -2.29. The van der Waals surface area contributed by atoms with Gasteiger partial charge in [0.05, 0.1) is 4.90 Å². The van der Waals surface area contributed by atoms with E-state index in [9.17, 15) is 8.42 Å². The molecule has 4 rings (SSSR count). The molecule has 0 N–H and O–H groups in total. The highest BCUT2D eigenvalue weighted by molar-refractivity contribution is 7.89. The molecule has 7 nitrogen and oxygen atoms in total. The summed E-state index contributed by atoms with van der Waals surface area (Å²) in [5, 5.41) is 4.58. The maximum Gasteiger partial charge on any atom is 0.267 e. The minimum Gasteiger partial charge on any atom is -0.481 e. The van der Waals surface area contributed by atoms with Crippen LogP contribution in [0.5, 0.6) is 5.75 Å². The van der Waals surface area contributed by atoms with Crippen LogP contribution in [0.15, 0.2) is 57.9 Å². The van der Waals surface area contributed by atoms with Gasteiger partial charge in [-0.2, -0.15) is 9.29 Å². The van der Waals surface area contributed by atoms with Crippen molar-refractivity contribution in [3.8, 4) is 17.1 Å². The van der Waals surface area contributed by atoms with E-state index in [4.69, 9.17) is 20.9 Å². The van der Waals surface area contributed by atoms with E-state index in [0.717, 1.165) is 12.8 Å². The van der Waals surface area contributed by atoms with Gasteiger partial charge in [-0.1, -0.05) is 29.7 Å². The molecule has 1 aliphatic rings. The normalized spacial score (nSPS) is 16.9. The number of halogens is 1. The van der Waals surface area contributed by atoms with Gasteiger partial charge < -0.3 is 9.26 Å². The minimum atomic E-state index is -3.49. The molecule has 3 aromatic rings. The number of hydrogen-bond acceptors (Lipinski definition) is 6. The molecule has 1 fully saturated rings. The average Bonchev–Trinajstić information content (AvgIpc) is 3.25. The summed E-state index contributed by atoms with van der Waals surface area (Å²) in [5.41, 5.74) is 0.663. The van der Waals surface area contributed by atoms with Crippen LogP contribution >= 0.6 is 11.6 Å². The zero-order valence-corrected chi connectivity index (χ0v) is 18.9. The number of benzene rings is 2. The molecule has 31 heavy (non-hydrogen) atoms. The van der Waals surface area contributed by atoms with E-state index < -0.39 is 16.1 Å². The van der Waals surface area contributed by atoms with Gasteiger partial charge in [0.1, 0.15) is 5.75 Å². The van der Waals surface area contributed by atoms with E-state index in [1.807, 2.05) is 0 Å². The Bertz CT molecular complexity index is 1140. The van der Waals surface area contributed by atoms with Crippen molar-refractivity contribution in [2.45, 2.75) is 37.7 Å². The first-order valence-electron chi connectivity index (χ1n) is 10.2. The van der Waals surface area contributed by atoms with E-state index in [1.165, 1.54) is 0 Å². The number of piperidine rings is 1. The Morgan fingerprint density at radius 1 is 1.16 bits per heavy atom. The Balaban J connectivity index is 1.47. The molecule has 2 heterocycles. The number of ether oxygens (including phenoxy) is 1. The van der Waals surface area contributed by atoms with Gasteiger partial charge >= 0.3 is 0 Å². The van der Waals surface area contributed by atoms with E-state index in [0.29, 0.717) is 47.1 Å². The first-order valence-corrected chi connectivity index (χ1v) is 12.0. The molecule has 1 aliphatic heterocycles. The average molecular weight is 462 g/mol. The van der Waals surface area contributed by atoms with Crippen molar-refractivity contribution in [1.29, 1.82) is 0 Å². The van der Waals surface area contributed by atoms with E-state index >= 15 is 0 Å². The zero-order chi connectivity index (χ0) is 22.0. The van der Waals surface area contributed by atoms with Crippen LogP contribution in [-0.2, 0) is 10.0 Å². The number of aromatic nitrogens is 2. The van der Waals surface area contributed by atoms with Gasteiger partial charge in [-0.15, -0.1) is 0 Å². The van der Waals surface area contributed by atoms with Crippen LogP contribution in [0.1, 0.15) is 38.7 Å². The number of nitrogens with zero attached hydrogens (tertiary/aromatic N) is 3. The third kappa shape index (κ3) is 4.92. The molecule has 1 aromatic heterocycles. The fraction of sp³-hybridized carbons (Fsp3) is 0.364. The van der Waals surface area contributed by atoms with Crippen molar-refractivity contribution >= 4 is 21.6 Å². The molecule has 0 aliphatic carbocycles. The molecule has 0 amide bonds. The van der Waals surface area contributed by atoms with Gasteiger partial charge in [-0.25, -0.2) is 8.42 Å². The van der Waals surface area contributed by atoms with E-state index in [1.54, 1.807) is 59.8 Å². The third-order valence-corrected chi connectivity index (χ3v) is 7.54. The molecule has 164 valence electrons. The van der Waals surface area contributed by atoms with Crippen LogP contribution in [0.25, 0.3) is 11.4 Å². The number of sulfonamides is 1. The molecule has 0 saturated carbocycles. The maximum absolute atomic E-state index is 12.9. The molecule has 0 radical (unpaired) electrons. The lowest BCUT2D eigenvalue weighted by Crippen LogP contribution is -2.37. The molecule has 1 unspecified atom stereocenters. The van der Waals surface area contributed by atoms with E-state index in [-0.39, 0.29) is 4.90 Å². The number of rotatable bonds is 6. The highest BCUT2D eigenvalue weighted by atomic mass is 35.5. The van der Waals surface area contributed by atoms with Crippen LogP contribution < -0.4 is 4.74 Å². The van der Waals surface area contributed by atoms with Crippen molar-refractivity contribution in [3.05, 3.63) is 59.4 Å². The second-order valence-electron chi connectivity index (χ2n) is 7.78.